The van der Waals surface area contributed by atoms with Gasteiger partial charge < -0.3 is 20.4 Å². The van der Waals surface area contributed by atoms with Crippen LogP contribution in [0.2, 0.25) is 0 Å². The van der Waals surface area contributed by atoms with Gasteiger partial charge in [-0.05, 0) is 59.5 Å². The van der Waals surface area contributed by atoms with Crippen LogP contribution in [0.4, 0.5) is 4.79 Å². The van der Waals surface area contributed by atoms with Crippen molar-refractivity contribution in [1.82, 2.24) is 25.3 Å². The van der Waals surface area contributed by atoms with Crippen LogP contribution in [0.15, 0.2) is 0 Å². The molecule has 0 aromatic carbocycles. The molecule has 2 aliphatic rings. The van der Waals surface area contributed by atoms with Crippen molar-refractivity contribution < 1.29 is 9.59 Å². The van der Waals surface area contributed by atoms with Gasteiger partial charge in [0.25, 0.3) is 0 Å². The fraction of sp³-hybridized carbons (Fsp3) is 0.900. The summed E-state index contributed by atoms with van der Waals surface area (Å²) in [5.41, 5.74) is 0. The second-order valence-corrected chi connectivity index (χ2v) is 8.31. The Bertz CT molecular complexity index is 463. The van der Waals surface area contributed by atoms with E-state index < -0.39 is 0 Å². The van der Waals surface area contributed by atoms with Crippen LogP contribution in [0.5, 0.6) is 0 Å². The minimum Gasteiger partial charge on any atom is -0.353 e. The average Bonchev–Trinajstić information content (AvgIpc) is 2.62. The predicted molar refractivity (Wildman–Crippen MR) is 109 cm³/mol. The van der Waals surface area contributed by atoms with Crippen LogP contribution >= 0.6 is 0 Å². The normalized spacial score (nSPS) is 22.1. The van der Waals surface area contributed by atoms with Crippen LogP contribution in [0.25, 0.3) is 0 Å². The number of hydrogen-bond acceptors (Lipinski definition) is 4. The molecule has 0 aromatic heterocycles. The fourth-order valence-corrected chi connectivity index (χ4v) is 3.92. The zero-order valence-corrected chi connectivity index (χ0v) is 17.5. The minimum absolute atomic E-state index is 0.0348. The minimum atomic E-state index is 0.0348. The smallest absolute Gasteiger partial charge is 0.317 e. The van der Waals surface area contributed by atoms with Gasteiger partial charge in [-0.25, -0.2) is 4.79 Å². The molecule has 0 aromatic rings. The van der Waals surface area contributed by atoms with Crippen molar-refractivity contribution in [2.45, 2.75) is 65.0 Å². The van der Waals surface area contributed by atoms with Crippen LogP contribution in [0.1, 0.15) is 52.9 Å². The van der Waals surface area contributed by atoms with Crippen LogP contribution in [0, 0.1) is 0 Å². The third-order valence-corrected chi connectivity index (χ3v) is 5.57. The van der Waals surface area contributed by atoms with Gasteiger partial charge in [0.05, 0.1) is 6.54 Å². The Morgan fingerprint density at radius 2 is 1.78 bits per heavy atom. The number of nitrogens with one attached hydrogen (secondary N) is 2. The molecule has 2 N–H and O–H groups in total. The van der Waals surface area contributed by atoms with E-state index in [0.717, 1.165) is 39.0 Å². The fourth-order valence-electron chi connectivity index (χ4n) is 3.92. The van der Waals surface area contributed by atoms with Gasteiger partial charge in [0.2, 0.25) is 5.91 Å². The van der Waals surface area contributed by atoms with E-state index in [0.29, 0.717) is 25.7 Å². The monoisotopic (exact) mass is 381 g/mol. The van der Waals surface area contributed by atoms with E-state index in [-0.39, 0.29) is 18.0 Å². The van der Waals surface area contributed by atoms with Crippen molar-refractivity contribution in [2.75, 3.05) is 52.4 Å². The predicted octanol–water partition coefficient (Wildman–Crippen LogP) is 1.49. The molecule has 2 saturated heterocycles. The van der Waals surface area contributed by atoms with Crippen molar-refractivity contribution in [3.05, 3.63) is 0 Å². The zero-order valence-electron chi connectivity index (χ0n) is 17.5. The second kappa shape index (κ2) is 11.5. The number of rotatable bonds is 8. The summed E-state index contributed by atoms with van der Waals surface area (Å²) in [6.45, 7) is 12.7. The summed E-state index contributed by atoms with van der Waals surface area (Å²) in [4.78, 5) is 30.7. The molecule has 7 nitrogen and oxygen atoms in total. The van der Waals surface area contributed by atoms with Gasteiger partial charge in [-0.2, -0.15) is 0 Å². The van der Waals surface area contributed by atoms with Crippen molar-refractivity contribution in [2.24, 2.45) is 0 Å². The number of urea groups is 1. The lowest BCUT2D eigenvalue weighted by molar-refractivity contribution is -0.123. The second-order valence-electron chi connectivity index (χ2n) is 8.31. The molecule has 0 spiro atoms. The number of amides is 3. The Morgan fingerprint density at radius 3 is 2.44 bits per heavy atom. The summed E-state index contributed by atoms with van der Waals surface area (Å²) in [7, 11) is 0. The number of hydrogen-bond donors (Lipinski definition) is 2. The van der Waals surface area contributed by atoms with Gasteiger partial charge in [0, 0.05) is 44.8 Å². The van der Waals surface area contributed by atoms with Gasteiger partial charge >= 0.3 is 6.03 Å². The first-order chi connectivity index (χ1) is 13.0. The number of piperidine rings is 1. The summed E-state index contributed by atoms with van der Waals surface area (Å²) in [5.74, 6) is 0.0610. The van der Waals surface area contributed by atoms with Crippen LogP contribution in [-0.2, 0) is 4.79 Å². The van der Waals surface area contributed by atoms with E-state index in [1.54, 1.807) is 0 Å². The van der Waals surface area contributed by atoms with Gasteiger partial charge in [-0.1, -0.05) is 6.42 Å². The maximum atomic E-state index is 12.3. The third kappa shape index (κ3) is 8.05. The average molecular weight is 382 g/mol. The first-order valence-electron chi connectivity index (χ1n) is 10.7. The van der Waals surface area contributed by atoms with E-state index in [2.05, 4.69) is 27.4 Å². The lowest BCUT2D eigenvalue weighted by atomic mass is 10.0. The number of nitrogens with zero attached hydrogens (tertiary/aromatic N) is 3. The van der Waals surface area contributed by atoms with E-state index in [9.17, 15) is 9.59 Å². The molecule has 1 atom stereocenters. The highest BCUT2D eigenvalue weighted by molar-refractivity contribution is 5.78. The number of likely N-dealkylation sites (tertiary alicyclic amines) is 1. The number of piperazine rings is 1. The summed E-state index contributed by atoms with van der Waals surface area (Å²) in [6.07, 6.45) is 6.19. The summed E-state index contributed by atoms with van der Waals surface area (Å²) >= 11 is 0. The molecule has 0 radical (unpaired) electrons. The van der Waals surface area contributed by atoms with Crippen molar-refractivity contribution in [3.8, 4) is 0 Å². The quantitative estimate of drug-likeness (QED) is 0.625. The molecular formula is C20H39N5O2. The maximum absolute atomic E-state index is 12.3. The zero-order chi connectivity index (χ0) is 19.6. The summed E-state index contributed by atoms with van der Waals surface area (Å²) in [6, 6.07) is 0.919. The van der Waals surface area contributed by atoms with Crippen molar-refractivity contribution in [3.63, 3.8) is 0 Å². The van der Waals surface area contributed by atoms with Crippen molar-refractivity contribution >= 4 is 11.9 Å². The third-order valence-electron chi connectivity index (χ3n) is 5.57. The molecule has 3 amide bonds. The lowest BCUT2D eigenvalue weighted by Gasteiger charge is -2.34. The molecule has 2 heterocycles. The number of carbonyl (C=O) groups excluding carboxylic acids is 2. The molecule has 2 rings (SSSR count). The van der Waals surface area contributed by atoms with Crippen LogP contribution in [-0.4, -0.2) is 91.1 Å². The molecule has 0 bridgehead atoms. The molecule has 7 heteroatoms. The Balaban J connectivity index is 1.53. The summed E-state index contributed by atoms with van der Waals surface area (Å²) in [5, 5.41) is 5.97. The SMILES string of the molecule is CC(C)NC(=O)CN1CCN(C(=O)NCCCCN2CCCCC2C)CC1. The Labute approximate surface area is 164 Å². The molecule has 27 heavy (non-hydrogen) atoms. The first-order valence-corrected chi connectivity index (χ1v) is 10.7. The van der Waals surface area contributed by atoms with E-state index >= 15 is 0 Å². The van der Waals surface area contributed by atoms with E-state index in [4.69, 9.17) is 0 Å². The Hall–Kier alpha value is -1.34. The molecular weight excluding hydrogens is 342 g/mol. The van der Waals surface area contributed by atoms with E-state index in [1.807, 2.05) is 18.7 Å². The summed E-state index contributed by atoms with van der Waals surface area (Å²) < 4.78 is 0. The Kier molecular flexibility index (Phi) is 9.34. The maximum Gasteiger partial charge on any atom is 0.317 e. The first kappa shape index (κ1) is 22.0. The largest absolute Gasteiger partial charge is 0.353 e. The molecule has 156 valence electrons. The number of unbranched alkanes of at least 4 members (excludes halogenated alkanes) is 1. The van der Waals surface area contributed by atoms with Crippen LogP contribution < -0.4 is 10.6 Å². The van der Waals surface area contributed by atoms with Gasteiger partial charge in [-0.15, -0.1) is 0 Å². The molecule has 2 fully saturated rings. The topological polar surface area (TPSA) is 67.9 Å². The van der Waals surface area contributed by atoms with E-state index in [1.165, 1.54) is 25.8 Å². The Morgan fingerprint density at radius 1 is 1.04 bits per heavy atom. The van der Waals surface area contributed by atoms with Gasteiger partial charge in [0.15, 0.2) is 0 Å². The molecule has 2 aliphatic heterocycles. The molecule has 0 aliphatic carbocycles. The van der Waals surface area contributed by atoms with Gasteiger partial charge in [0.1, 0.15) is 0 Å². The molecule has 0 saturated carbocycles. The highest BCUT2D eigenvalue weighted by Crippen LogP contribution is 2.16. The standard InChI is InChI=1S/C20H39N5O2/c1-17(2)22-19(26)16-23-12-14-25(15-13-23)20(27)21-9-5-7-11-24-10-6-4-8-18(24)3/h17-18H,4-16H2,1-3H3,(H,21,27)(H,22,26). The highest BCUT2D eigenvalue weighted by atomic mass is 16.2. The van der Waals surface area contributed by atoms with Crippen LogP contribution in [0.3, 0.4) is 0 Å². The number of carbonyl (C=O) groups is 2. The highest BCUT2D eigenvalue weighted by Gasteiger charge is 2.22. The van der Waals surface area contributed by atoms with Crippen molar-refractivity contribution in [1.29, 1.82) is 0 Å². The lowest BCUT2D eigenvalue weighted by Crippen LogP contribution is -2.53. The molecule has 1 unspecified atom stereocenters. The van der Waals surface area contributed by atoms with Gasteiger partial charge in [-0.3, -0.25) is 9.69 Å².